The quantitative estimate of drug-likeness (QED) is 0.775. The average molecular weight is 295 g/mol. The van der Waals surface area contributed by atoms with E-state index in [1.807, 2.05) is 0 Å². The van der Waals surface area contributed by atoms with E-state index in [9.17, 15) is 15.0 Å². The van der Waals surface area contributed by atoms with Gasteiger partial charge in [-0.05, 0) is 42.5 Å². The van der Waals surface area contributed by atoms with Crippen molar-refractivity contribution in [2.24, 2.45) is 0 Å². The molecule has 0 saturated heterocycles. The van der Waals surface area contributed by atoms with E-state index < -0.39 is 5.97 Å². The van der Waals surface area contributed by atoms with Crippen LogP contribution in [0.1, 0.15) is 10.4 Å². The van der Waals surface area contributed by atoms with Crippen LogP contribution in [-0.4, -0.2) is 28.3 Å². The number of hydrogen-bond acceptors (Lipinski definition) is 4. The van der Waals surface area contributed by atoms with Gasteiger partial charge < -0.3 is 14.9 Å². The first-order chi connectivity index (χ1) is 10.6. The summed E-state index contributed by atoms with van der Waals surface area (Å²) in [5.41, 5.74) is 1.88. The van der Waals surface area contributed by atoms with Crippen molar-refractivity contribution in [3.63, 3.8) is 0 Å². The van der Waals surface area contributed by atoms with Gasteiger partial charge in [0.05, 0.1) is 23.9 Å². The SMILES string of the molecule is COc1ccc(-c2cc(C(=O)O)c3ccc(O)cc3n2)cc1. The van der Waals surface area contributed by atoms with Gasteiger partial charge in [0, 0.05) is 17.0 Å². The number of aromatic hydroxyl groups is 1. The van der Waals surface area contributed by atoms with Gasteiger partial charge >= 0.3 is 5.97 Å². The molecular weight excluding hydrogens is 282 g/mol. The van der Waals surface area contributed by atoms with Gasteiger partial charge in [0.2, 0.25) is 0 Å². The first kappa shape index (κ1) is 13.9. The molecular formula is C17H13NO4. The molecule has 3 aromatic rings. The maximum atomic E-state index is 11.5. The molecule has 0 aliphatic rings. The van der Waals surface area contributed by atoms with Crippen LogP contribution in [0.3, 0.4) is 0 Å². The van der Waals surface area contributed by atoms with Crippen molar-refractivity contribution < 1.29 is 19.7 Å². The summed E-state index contributed by atoms with van der Waals surface area (Å²) in [7, 11) is 1.58. The summed E-state index contributed by atoms with van der Waals surface area (Å²) in [6.07, 6.45) is 0. The Morgan fingerprint density at radius 2 is 1.82 bits per heavy atom. The Morgan fingerprint density at radius 3 is 2.45 bits per heavy atom. The summed E-state index contributed by atoms with van der Waals surface area (Å²) in [4.78, 5) is 15.9. The van der Waals surface area contributed by atoms with Crippen LogP contribution in [0.4, 0.5) is 0 Å². The van der Waals surface area contributed by atoms with Gasteiger partial charge in [-0.2, -0.15) is 0 Å². The fraction of sp³-hybridized carbons (Fsp3) is 0.0588. The Hall–Kier alpha value is -3.08. The first-order valence-corrected chi connectivity index (χ1v) is 6.60. The molecule has 110 valence electrons. The highest BCUT2D eigenvalue weighted by Gasteiger charge is 2.13. The molecule has 0 aliphatic carbocycles. The molecule has 22 heavy (non-hydrogen) atoms. The van der Waals surface area contributed by atoms with Gasteiger partial charge in [-0.15, -0.1) is 0 Å². The highest BCUT2D eigenvalue weighted by Crippen LogP contribution is 2.28. The molecule has 0 atom stereocenters. The third-order valence-electron chi connectivity index (χ3n) is 3.41. The van der Waals surface area contributed by atoms with E-state index in [2.05, 4.69) is 4.98 Å². The lowest BCUT2D eigenvalue weighted by molar-refractivity contribution is 0.0699. The number of methoxy groups -OCH3 is 1. The number of phenols is 1. The molecule has 5 heteroatoms. The van der Waals surface area contributed by atoms with Gasteiger partial charge in [0.25, 0.3) is 0 Å². The molecule has 0 fully saturated rings. The van der Waals surface area contributed by atoms with Crippen LogP contribution in [0.15, 0.2) is 48.5 Å². The standard InChI is InChI=1S/C17H13NO4/c1-22-12-5-2-10(3-6-12)15-9-14(17(20)21)13-7-4-11(19)8-16(13)18-15/h2-9,19H,1H3,(H,20,21). The number of nitrogens with zero attached hydrogens (tertiary/aromatic N) is 1. The maximum absolute atomic E-state index is 11.5. The average Bonchev–Trinajstić information content (AvgIpc) is 2.53. The van der Waals surface area contributed by atoms with Crippen molar-refractivity contribution in [1.82, 2.24) is 4.98 Å². The Bertz CT molecular complexity index is 856. The number of aromatic nitrogens is 1. The van der Waals surface area contributed by atoms with Crippen LogP contribution >= 0.6 is 0 Å². The third kappa shape index (κ3) is 2.44. The summed E-state index contributed by atoms with van der Waals surface area (Å²) in [5, 5.41) is 19.5. The Kier molecular flexibility index (Phi) is 3.39. The van der Waals surface area contributed by atoms with Crippen molar-refractivity contribution in [1.29, 1.82) is 0 Å². The van der Waals surface area contributed by atoms with E-state index in [-0.39, 0.29) is 11.3 Å². The number of ether oxygens (including phenoxy) is 1. The van der Waals surface area contributed by atoms with Gasteiger partial charge in [-0.25, -0.2) is 9.78 Å². The summed E-state index contributed by atoms with van der Waals surface area (Å²) >= 11 is 0. The van der Waals surface area contributed by atoms with Crippen molar-refractivity contribution in [3.05, 3.63) is 54.1 Å². The van der Waals surface area contributed by atoms with E-state index in [0.29, 0.717) is 22.3 Å². The predicted octanol–water partition coefficient (Wildman–Crippen LogP) is 3.31. The van der Waals surface area contributed by atoms with E-state index in [0.717, 1.165) is 5.56 Å². The second-order valence-electron chi connectivity index (χ2n) is 4.79. The fourth-order valence-electron chi connectivity index (χ4n) is 2.30. The minimum Gasteiger partial charge on any atom is -0.508 e. The Labute approximate surface area is 126 Å². The van der Waals surface area contributed by atoms with Crippen molar-refractivity contribution in [2.45, 2.75) is 0 Å². The molecule has 0 unspecified atom stereocenters. The number of rotatable bonds is 3. The monoisotopic (exact) mass is 295 g/mol. The number of carbonyl (C=O) groups is 1. The minimum absolute atomic E-state index is 0.0446. The van der Waals surface area contributed by atoms with Crippen LogP contribution in [0.5, 0.6) is 11.5 Å². The second-order valence-corrected chi connectivity index (χ2v) is 4.79. The van der Waals surface area contributed by atoms with Crippen LogP contribution < -0.4 is 4.74 Å². The molecule has 0 saturated carbocycles. The second kappa shape index (κ2) is 5.37. The molecule has 2 aromatic carbocycles. The van der Waals surface area contributed by atoms with Crippen LogP contribution in [0, 0.1) is 0 Å². The van der Waals surface area contributed by atoms with Gasteiger partial charge in [0.15, 0.2) is 0 Å². The number of fused-ring (bicyclic) bond motifs is 1. The van der Waals surface area contributed by atoms with Crippen molar-refractivity contribution in [3.8, 4) is 22.8 Å². The molecule has 1 aromatic heterocycles. The molecule has 0 bridgehead atoms. The lowest BCUT2D eigenvalue weighted by Crippen LogP contribution is -2.00. The zero-order chi connectivity index (χ0) is 15.7. The number of carboxylic acids is 1. The number of benzene rings is 2. The van der Waals surface area contributed by atoms with E-state index in [4.69, 9.17) is 4.74 Å². The highest BCUT2D eigenvalue weighted by molar-refractivity contribution is 6.04. The fourth-order valence-corrected chi connectivity index (χ4v) is 2.30. The number of phenolic OH excluding ortho intramolecular Hbond substituents is 1. The van der Waals surface area contributed by atoms with Gasteiger partial charge in [0.1, 0.15) is 11.5 Å². The predicted molar refractivity (Wildman–Crippen MR) is 82.4 cm³/mol. The largest absolute Gasteiger partial charge is 0.508 e. The molecule has 2 N–H and O–H groups in total. The summed E-state index contributed by atoms with van der Waals surface area (Å²) in [6.45, 7) is 0. The van der Waals surface area contributed by atoms with Crippen molar-refractivity contribution >= 4 is 16.9 Å². The molecule has 0 radical (unpaired) electrons. The number of aromatic carboxylic acids is 1. The van der Waals surface area contributed by atoms with Crippen LogP contribution in [0.25, 0.3) is 22.2 Å². The van der Waals surface area contributed by atoms with Crippen LogP contribution in [0.2, 0.25) is 0 Å². The topological polar surface area (TPSA) is 79.7 Å². The first-order valence-electron chi connectivity index (χ1n) is 6.60. The van der Waals surface area contributed by atoms with Gasteiger partial charge in [-0.1, -0.05) is 0 Å². The van der Waals surface area contributed by atoms with Crippen LogP contribution in [-0.2, 0) is 0 Å². The zero-order valence-corrected chi connectivity index (χ0v) is 11.8. The minimum atomic E-state index is -1.03. The number of carboxylic acid groups (broad SMARTS) is 1. The smallest absolute Gasteiger partial charge is 0.336 e. The van der Waals surface area contributed by atoms with Gasteiger partial charge in [-0.3, -0.25) is 0 Å². The normalized spacial score (nSPS) is 10.6. The summed E-state index contributed by atoms with van der Waals surface area (Å²) in [5.74, 6) is -0.281. The number of hydrogen-bond donors (Lipinski definition) is 2. The molecule has 0 amide bonds. The molecule has 3 rings (SSSR count). The molecule has 1 heterocycles. The molecule has 5 nitrogen and oxygen atoms in total. The highest BCUT2D eigenvalue weighted by atomic mass is 16.5. The molecule has 0 aliphatic heterocycles. The lowest BCUT2D eigenvalue weighted by atomic mass is 10.0. The Balaban J connectivity index is 2.22. The third-order valence-corrected chi connectivity index (χ3v) is 3.41. The Morgan fingerprint density at radius 1 is 1.09 bits per heavy atom. The van der Waals surface area contributed by atoms with Crippen molar-refractivity contribution in [2.75, 3.05) is 7.11 Å². The summed E-state index contributed by atoms with van der Waals surface area (Å²) < 4.78 is 5.11. The van der Waals surface area contributed by atoms with E-state index in [1.54, 1.807) is 37.4 Å². The lowest BCUT2D eigenvalue weighted by Gasteiger charge is -2.08. The summed E-state index contributed by atoms with van der Waals surface area (Å²) in [6, 6.07) is 13.2. The zero-order valence-electron chi connectivity index (χ0n) is 11.8. The number of pyridine rings is 1. The molecule has 0 spiro atoms. The maximum Gasteiger partial charge on any atom is 0.336 e. The van der Waals surface area contributed by atoms with E-state index >= 15 is 0 Å². The van der Waals surface area contributed by atoms with E-state index in [1.165, 1.54) is 18.2 Å².